The molecule has 0 saturated carbocycles. The fourth-order valence-electron chi connectivity index (χ4n) is 1.66. The van der Waals surface area contributed by atoms with E-state index in [9.17, 15) is 4.79 Å². The second-order valence-corrected chi connectivity index (χ2v) is 4.08. The van der Waals surface area contributed by atoms with E-state index in [1.54, 1.807) is 13.0 Å². The third-order valence-corrected chi connectivity index (χ3v) is 2.73. The van der Waals surface area contributed by atoms with Crippen molar-refractivity contribution in [3.8, 4) is 0 Å². The zero-order valence-corrected chi connectivity index (χ0v) is 10.3. The van der Waals surface area contributed by atoms with Gasteiger partial charge < -0.3 is 9.15 Å². The number of para-hydroxylation sites is 1. The number of benzene rings is 1. The summed E-state index contributed by atoms with van der Waals surface area (Å²) in [5, 5.41) is 1.54. The van der Waals surface area contributed by atoms with E-state index < -0.39 is 0 Å². The van der Waals surface area contributed by atoms with Gasteiger partial charge in [0.15, 0.2) is 5.58 Å². The average Bonchev–Trinajstić information content (AvgIpc) is 2.71. The van der Waals surface area contributed by atoms with Crippen LogP contribution in [0.25, 0.3) is 11.0 Å². The van der Waals surface area contributed by atoms with E-state index in [0.717, 1.165) is 11.1 Å². The number of aryl methyl sites for hydroxylation is 1. The number of halogens is 1. The molecule has 0 N–H and O–H groups in total. The first-order chi connectivity index (χ1) is 8.20. The van der Waals surface area contributed by atoms with Gasteiger partial charge in [0.05, 0.1) is 18.1 Å². The van der Waals surface area contributed by atoms with Crippen LogP contribution >= 0.6 is 11.6 Å². The number of carbonyl (C=O) groups excluding carboxylic acids is 1. The highest BCUT2D eigenvalue weighted by atomic mass is 35.5. The lowest BCUT2D eigenvalue weighted by atomic mass is 10.2. The van der Waals surface area contributed by atoms with Crippen LogP contribution in [-0.2, 0) is 16.0 Å². The molecule has 1 aromatic carbocycles. The lowest BCUT2D eigenvalue weighted by Gasteiger charge is -1.99. The van der Waals surface area contributed by atoms with Gasteiger partial charge in [-0.2, -0.15) is 0 Å². The molecule has 3 nitrogen and oxygen atoms in total. The van der Waals surface area contributed by atoms with Gasteiger partial charge in [0.1, 0.15) is 5.76 Å². The van der Waals surface area contributed by atoms with Crippen LogP contribution in [0.4, 0.5) is 0 Å². The summed E-state index contributed by atoms with van der Waals surface area (Å²) in [6.07, 6.45) is 0.856. The van der Waals surface area contributed by atoms with Crippen LogP contribution in [0.3, 0.4) is 0 Å². The number of esters is 1. The molecular weight excluding hydrogens is 240 g/mol. The summed E-state index contributed by atoms with van der Waals surface area (Å²) in [6.45, 7) is 2.20. The van der Waals surface area contributed by atoms with E-state index >= 15 is 0 Å². The summed E-state index contributed by atoms with van der Waals surface area (Å²) >= 11 is 6.00. The Labute approximate surface area is 104 Å². The first-order valence-corrected chi connectivity index (χ1v) is 5.91. The number of rotatable bonds is 4. The molecule has 0 aliphatic heterocycles. The Bertz CT molecular complexity index is 530. The number of hydrogen-bond donors (Lipinski definition) is 0. The summed E-state index contributed by atoms with van der Waals surface area (Å²) in [5.41, 5.74) is 0.674. The smallest absolute Gasteiger partial charge is 0.306 e. The summed E-state index contributed by atoms with van der Waals surface area (Å²) < 4.78 is 10.4. The molecule has 0 aliphatic carbocycles. The molecule has 90 valence electrons. The van der Waals surface area contributed by atoms with E-state index in [-0.39, 0.29) is 5.97 Å². The molecule has 2 rings (SSSR count). The lowest BCUT2D eigenvalue weighted by Crippen LogP contribution is -2.04. The molecule has 0 fully saturated rings. The Morgan fingerprint density at radius 3 is 3.00 bits per heavy atom. The second-order valence-electron chi connectivity index (χ2n) is 3.68. The third kappa shape index (κ3) is 2.80. The highest BCUT2D eigenvalue weighted by molar-refractivity contribution is 6.34. The molecule has 2 aromatic rings. The number of furan rings is 1. The van der Waals surface area contributed by atoms with Crippen molar-refractivity contribution >= 4 is 28.5 Å². The van der Waals surface area contributed by atoms with Crippen molar-refractivity contribution < 1.29 is 13.9 Å². The molecule has 0 amide bonds. The van der Waals surface area contributed by atoms with E-state index in [2.05, 4.69) is 0 Å². The highest BCUT2D eigenvalue weighted by Gasteiger charge is 2.09. The molecule has 4 heteroatoms. The maximum atomic E-state index is 11.2. The number of fused-ring (bicyclic) bond motifs is 1. The van der Waals surface area contributed by atoms with Crippen LogP contribution in [0.1, 0.15) is 19.1 Å². The molecule has 0 radical (unpaired) electrons. The summed E-state index contributed by atoms with van der Waals surface area (Å²) in [5.74, 6) is 0.542. The summed E-state index contributed by atoms with van der Waals surface area (Å²) in [4.78, 5) is 11.2. The fraction of sp³-hybridized carbons (Fsp3) is 0.308. The van der Waals surface area contributed by atoms with Crippen molar-refractivity contribution in [3.05, 3.63) is 35.0 Å². The Hall–Kier alpha value is -1.48. The van der Waals surface area contributed by atoms with Crippen molar-refractivity contribution in [2.45, 2.75) is 19.8 Å². The fourth-order valence-corrected chi connectivity index (χ4v) is 1.88. The van der Waals surface area contributed by atoms with Crippen molar-refractivity contribution in [2.24, 2.45) is 0 Å². The van der Waals surface area contributed by atoms with Crippen LogP contribution in [0.2, 0.25) is 5.02 Å². The minimum absolute atomic E-state index is 0.209. The Balaban J connectivity index is 2.10. The average molecular weight is 253 g/mol. The van der Waals surface area contributed by atoms with Gasteiger partial charge >= 0.3 is 5.97 Å². The minimum atomic E-state index is -0.209. The molecule has 0 atom stereocenters. The van der Waals surface area contributed by atoms with E-state index in [1.165, 1.54) is 0 Å². The molecule has 0 bridgehead atoms. The first-order valence-electron chi connectivity index (χ1n) is 5.53. The van der Waals surface area contributed by atoms with Crippen molar-refractivity contribution in [2.75, 3.05) is 6.61 Å². The zero-order valence-electron chi connectivity index (χ0n) is 9.53. The summed E-state index contributed by atoms with van der Waals surface area (Å²) in [7, 11) is 0. The van der Waals surface area contributed by atoms with Gasteiger partial charge in [-0.15, -0.1) is 0 Å². The Kier molecular flexibility index (Phi) is 3.69. The predicted molar refractivity (Wildman–Crippen MR) is 66.2 cm³/mol. The lowest BCUT2D eigenvalue weighted by molar-refractivity contribution is -0.143. The number of carbonyl (C=O) groups is 1. The molecule has 1 aromatic heterocycles. The number of hydrogen-bond acceptors (Lipinski definition) is 3. The minimum Gasteiger partial charge on any atom is -0.466 e. The van der Waals surface area contributed by atoms with Crippen LogP contribution in [0.5, 0.6) is 0 Å². The maximum absolute atomic E-state index is 11.2. The number of ether oxygens (including phenoxy) is 1. The molecule has 1 heterocycles. The molecule has 0 unspecified atom stereocenters. The van der Waals surface area contributed by atoms with Crippen molar-refractivity contribution in [1.82, 2.24) is 0 Å². The van der Waals surface area contributed by atoms with Crippen molar-refractivity contribution in [1.29, 1.82) is 0 Å². The Morgan fingerprint density at radius 2 is 2.29 bits per heavy atom. The van der Waals surface area contributed by atoms with Crippen molar-refractivity contribution in [3.63, 3.8) is 0 Å². The van der Waals surface area contributed by atoms with Gasteiger partial charge in [0, 0.05) is 11.8 Å². The maximum Gasteiger partial charge on any atom is 0.306 e. The van der Waals surface area contributed by atoms with Gasteiger partial charge in [0.25, 0.3) is 0 Å². The Morgan fingerprint density at radius 1 is 1.47 bits per heavy atom. The molecule has 0 spiro atoms. The van der Waals surface area contributed by atoms with E-state index in [4.69, 9.17) is 20.8 Å². The zero-order chi connectivity index (χ0) is 12.3. The van der Waals surface area contributed by atoms with Crippen LogP contribution in [-0.4, -0.2) is 12.6 Å². The quantitative estimate of drug-likeness (QED) is 0.781. The molecule has 0 aliphatic rings. The van der Waals surface area contributed by atoms with Crippen LogP contribution in [0.15, 0.2) is 28.7 Å². The van der Waals surface area contributed by atoms with Gasteiger partial charge in [0.2, 0.25) is 0 Å². The standard InChI is InChI=1S/C13H13ClO3/c1-2-16-12(15)7-6-10-8-9-4-3-5-11(14)13(9)17-10/h3-5,8H,2,6-7H2,1H3. The molecule has 17 heavy (non-hydrogen) atoms. The highest BCUT2D eigenvalue weighted by Crippen LogP contribution is 2.27. The van der Waals surface area contributed by atoms with Crippen LogP contribution in [0, 0.1) is 0 Å². The van der Waals surface area contributed by atoms with Gasteiger partial charge in [-0.1, -0.05) is 23.7 Å². The largest absolute Gasteiger partial charge is 0.466 e. The first kappa shape index (κ1) is 12.0. The van der Waals surface area contributed by atoms with E-state index in [0.29, 0.717) is 30.1 Å². The van der Waals surface area contributed by atoms with Gasteiger partial charge in [-0.3, -0.25) is 4.79 Å². The second kappa shape index (κ2) is 5.23. The summed E-state index contributed by atoms with van der Waals surface area (Å²) in [6, 6.07) is 7.48. The molecule has 0 saturated heterocycles. The molecular formula is C13H13ClO3. The normalized spacial score (nSPS) is 10.7. The monoisotopic (exact) mass is 252 g/mol. The topological polar surface area (TPSA) is 39.4 Å². The van der Waals surface area contributed by atoms with Crippen LogP contribution < -0.4 is 0 Å². The third-order valence-electron chi connectivity index (χ3n) is 2.43. The van der Waals surface area contributed by atoms with E-state index in [1.807, 2.05) is 18.2 Å². The predicted octanol–water partition coefficient (Wildman–Crippen LogP) is 3.58. The SMILES string of the molecule is CCOC(=O)CCc1cc2cccc(Cl)c2o1. The van der Waals surface area contributed by atoms with Gasteiger partial charge in [-0.05, 0) is 19.1 Å². The van der Waals surface area contributed by atoms with Gasteiger partial charge in [-0.25, -0.2) is 0 Å².